The molecule has 7 aromatic rings. The van der Waals surface area contributed by atoms with Gasteiger partial charge in [-0.1, -0.05) is 236 Å². The third-order valence-corrected chi connectivity index (χ3v) is 19.7. The molecule has 0 saturated carbocycles. The van der Waals surface area contributed by atoms with Crippen LogP contribution in [0.15, 0.2) is 170 Å². The van der Waals surface area contributed by atoms with Crippen molar-refractivity contribution in [3.63, 3.8) is 0 Å². The molecule has 0 spiro atoms. The van der Waals surface area contributed by atoms with Gasteiger partial charge < -0.3 is 4.12 Å². The van der Waals surface area contributed by atoms with Gasteiger partial charge >= 0.3 is 0 Å². The molecule has 7 rings (SSSR count). The van der Waals surface area contributed by atoms with E-state index in [2.05, 4.69) is 272 Å². The van der Waals surface area contributed by atoms with E-state index in [4.69, 9.17) is 4.12 Å². The Morgan fingerprint density at radius 1 is 0.364 bits per heavy atom. The number of hydrogen-bond acceptors (Lipinski definition) is 1. The van der Waals surface area contributed by atoms with E-state index in [1.54, 1.807) is 0 Å². The van der Waals surface area contributed by atoms with E-state index in [-0.39, 0.29) is 5.41 Å². The third-order valence-electron chi connectivity index (χ3n) is 12.3. The van der Waals surface area contributed by atoms with Gasteiger partial charge in [0.25, 0.3) is 0 Å². The van der Waals surface area contributed by atoms with E-state index >= 15 is 0 Å². The molecule has 3 heteroatoms. The third kappa shape index (κ3) is 19.4. The summed E-state index contributed by atoms with van der Waals surface area (Å²) >= 11 is 0. The molecular formula is C63H82OSi2. The summed E-state index contributed by atoms with van der Waals surface area (Å²) in [5.74, 6) is 0.473. The average Bonchev–Trinajstić information content (AvgIpc) is 3.27. The van der Waals surface area contributed by atoms with Crippen LogP contribution in [-0.4, -0.2) is 16.6 Å². The molecule has 0 aliphatic carbocycles. The number of rotatable bonds is 11. The lowest BCUT2D eigenvalue weighted by atomic mass is 9.87. The van der Waals surface area contributed by atoms with E-state index in [0.29, 0.717) is 5.92 Å². The van der Waals surface area contributed by atoms with Gasteiger partial charge in [-0.25, -0.2) is 0 Å². The molecule has 348 valence electrons. The highest BCUT2D eigenvalue weighted by atomic mass is 28.4. The first-order valence-electron chi connectivity index (χ1n) is 24.2. The lowest BCUT2D eigenvalue weighted by Gasteiger charge is -2.34. The first-order chi connectivity index (χ1) is 31.1. The van der Waals surface area contributed by atoms with Crippen molar-refractivity contribution < 1.29 is 4.12 Å². The summed E-state index contributed by atoms with van der Waals surface area (Å²) in [6.45, 7) is 33.4. The van der Waals surface area contributed by atoms with Gasteiger partial charge in [-0.3, -0.25) is 0 Å². The zero-order valence-electron chi connectivity index (χ0n) is 43.5. The van der Waals surface area contributed by atoms with Crippen LogP contribution in [0.2, 0.25) is 38.3 Å². The molecule has 1 nitrogen and oxygen atoms in total. The molecule has 0 N–H and O–H groups in total. The first kappa shape index (κ1) is 53.5. The van der Waals surface area contributed by atoms with Gasteiger partial charge in [-0.15, -0.1) is 0 Å². The summed E-state index contributed by atoms with van der Waals surface area (Å²) in [6, 6.07) is 63.9. The minimum atomic E-state index is -1.62. The monoisotopic (exact) mass is 911 g/mol. The second kappa shape index (κ2) is 25.2. The Morgan fingerprint density at radius 3 is 0.879 bits per heavy atom. The average molecular weight is 912 g/mol. The zero-order chi connectivity index (χ0) is 48.5. The summed E-state index contributed by atoms with van der Waals surface area (Å²) in [7, 11) is -3.24. The van der Waals surface area contributed by atoms with Gasteiger partial charge in [-0.2, -0.15) is 0 Å². The molecule has 0 radical (unpaired) electrons. The Balaban J connectivity index is 0.000000202. The molecule has 0 aliphatic heterocycles. The van der Waals surface area contributed by atoms with Crippen LogP contribution in [0, 0.1) is 48.5 Å². The Labute approximate surface area is 405 Å². The zero-order valence-corrected chi connectivity index (χ0v) is 45.5. The van der Waals surface area contributed by atoms with Gasteiger partial charge in [-0.05, 0) is 144 Å². The lowest BCUT2D eigenvalue weighted by molar-refractivity contribution is 0.536. The maximum absolute atomic E-state index is 6.79. The van der Waals surface area contributed by atoms with Gasteiger partial charge in [0, 0.05) is 5.92 Å². The normalized spacial score (nSPS) is 11.4. The highest BCUT2D eigenvalue weighted by Crippen LogP contribution is 2.27. The van der Waals surface area contributed by atoms with Crippen molar-refractivity contribution in [3.8, 4) is 11.1 Å². The van der Waals surface area contributed by atoms with Gasteiger partial charge in [0.1, 0.15) is 0 Å². The molecule has 0 heterocycles. The van der Waals surface area contributed by atoms with Crippen LogP contribution in [0.5, 0.6) is 0 Å². The molecule has 0 saturated heterocycles. The Hall–Kier alpha value is -5.07. The first-order valence-corrected chi connectivity index (χ1v) is 30.5. The van der Waals surface area contributed by atoms with Crippen molar-refractivity contribution in [2.75, 3.05) is 0 Å². The van der Waals surface area contributed by atoms with Crippen LogP contribution in [0.4, 0.5) is 0 Å². The maximum Gasteiger partial charge on any atom is 0.173 e. The van der Waals surface area contributed by atoms with Crippen molar-refractivity contribution in [2.45, 2.75) is 139 Å². The molecular weight excluding hydrogens is 829 g/mol. The number of aryl methyl sites for hydroxylation is 9. The van der Waals surface area contributed by atoms with Gasteiger partial charge in [0.05, 0.1) is 0 Å². The SMILES string of the molecule is Cc1ccc(-c2ccc(C)cc2)cc1.Cc1ccc(C(C)(C)C)cc1.Cc1ccc(C(C)c2ccc(C)cc2)cc1.Cc1ccc(CC[Si](C)(C)O[Si](C)(C)CCc2ccc(C)cc2)cc1. The number of hydrogen-bond donors (Lipinski definition) is 0. The highest BCUT2D eigenvalue weighted by Gasteiger charge is 2.32. The lowest BCUT2D eigenvalue weighted by Crippen LogP contribution is -2.44. The summed E-state index contributed by atoms with van der Waals surface area (Å²) in [6.07, 6.45) is 2.28. The van der Waals surface area contributed by atoms with Crippen LogP contribution in [0.1, 0.15) is 100 Å². The van der Waals surface area contributed by atoms with Crippen LogP contribution >= 0.6 is 0 Å². The van der Waals surface area contributed by atoms with Gasteiger partial charge in [0.15, 0.2) is 16.6 Å². The minimum Gasteiger partial charge on any atom is -0.455 e. The largest absolute Gasteiger partial charge is 0.455 e. The molecule has 0 atom stereocenters. The topological polar surface area (TPSA) is 9.23 Å². The molecule has 0 aromatic heterocycles. The van der Waals surface area contributed by atoms with Crippen molar-refractivity contribution in [3.05, 3.63) is 237 Å². The van der Waals surface area contributed by atoms with E-state index < -0.39 is 16.6 Å². The van der Waals surface area contributed by atoms with E-state index in [1.807, 2.05) is 0 Å². The smallest absolute Gasteiger partial charge is 0.173 e. The molecule has 7 aromatic carbocycles. The van der Waals surface area contributed by atoms with Crippen LogP contribution in [0.25, 0.3) is 11.1 Å². The fourth-order valence-corrected chi connectivity index (χ4v) is 16.3. The second-order valence-electron chi connectivity index (χ2n) is 21.0. The van der Waals surface area contributed by atoms with Crippen molar-refractivity contribution in [1.82, 2.24) is 0 Å². The minimum absolute atomic E-state index is 0.285. The summed E-state index contributed by atoms with van der Waals surface area (Å²) in [5, 5.41) is 0. The summed E-state index contributed by atoms with van der Waals surface area (Å²) in [4.78, 5) is 0. The molecule has 66 heavy (non-hydrogen) atoms. The molecule has 0 fully saturated rings. The molecule has 0 amide bonds. The van der Waals surface area contributed by atoms with E-state index in [9.17, 15) is 0 Å². The van der Waals surface area contributed by atoms with Crippen molar-refractivity contribution >= 4 is 16.6 Å². The fraction of sp³-hybridized carbons (Fsp3) is 0.333. The maximum atomic E-state index is 6.79. The quantitative estimate of drug-likeness (QED) is 0.118. The Bertz CT molecular complexity index is 2290. The molecule has 0 aliphatic rings. The van der Waals surface area contributed by atoms with Crippen LogP contribution < -0.4 is 0 Å². The van der Waals surface area contributed by atoms with Crippen molar-refractivity contribution in [1.29, 1.82) is 0 Å². The second-order valence-corrected chi connectivity index (χ2v) is 29.8. The molecule has 0 bridgehead atoms. The van der Waals surface area contributed by atoms with Gasteiger partial charge in [0.2, 0.25) is 0 Å². The molecule has 0 unspecified atom stereocenters. The predicted molar refractivity (Wildman–Crippen MR) is 297 cm³/mol. The number of benzene rings is 7. The fourth-order valence-electron chi connectivity index (χ4n) is 7.70. The Kier molecular flexibility index (Phi) is 20.4. The van der Waals surface area contributed by atoms with Crippen LogP contribution in [0.3, 0.4) is 0 Å². The summed E-state index contributed by atoms with van der Waals surface area (Å²) < 4.78 is 6.79. The van der Waals surface area contributed by atoms with E-state index in [1.165, 1.54) is 90.0 Å². The highest BCUT2D eigenvalue weighted by molar-refractivity contribution is 6.84. The summed E-state index contributed by atoms with van der Waals surface area (Å²) in [5.41, 5.74) is 19.2. The Morgan fingerprint density at radius 2 is 0.606 bits per heavy atom. The van der Waals surface area contributed by atoms with Crippen molar-refractivity contribution in [2.24, 2.45) is 0 Å². The van der Waals surface area contributed by atoms with Crippen LogP contribution in [-0.2, 0) is 22.4 Å². The van der Waals surface area contributed by atoms with E-state index in [0.717, 1.165) is 12.8 Å². The predicted octanol–water partition coefficient (Wildman–Crippen LogP) is 18.2. The standard InChI is InChI=1S/C22H34OSi2.C16H18.C14H14.C11H16/c1-19-7-11-21(12-8-19)15-17-24(3,4)23-25(5,6)18-16-22-13-9-20(2)10-14-22;1-12-4-8-15(9-5-12)14(3)16-10-6-13(2)7-11-16;1-11-3-7-13(8-4-11)14-9-5-12(2)6-10-14;1-9-5-7-10(8-6-9)11(2,3)4/h7-14H,15-18H2,1-6H3;4-11,14H,1-3H3;3-10H,1-2H3;5-8H,1-4H3.